The van der Waals surface area contributed by atoms with Crippen molar-refractivity contribution in [3.63, 3.8) is 0 Å². The smallest absolute Gasteiger partial charge is 0.197 e. The lowest BCUT2D eigenvalue weighted by Crippen LogP contribution is -2.24. The summed E-state index contributed by atoms with van der Waals surface area (Å²) >= 11 is 6.11. The Morgan fingerprint density at radius 2 is 2.00 bits per heavy atom. The highest BCUT2D eigenvalue weighted by Crippen LogP contribution is 2.29. The average molecular weight is 352 g/mol. The molecule has 0 amide bonds. The number of benzene rings is 2. The number of ketones is 1. The molecule has 0 aliphatic rings. The van der Waals surface area contributed by atoms with Crippen molar-refractivity contribution in [2.75, 3.05) is 13.2 Å². The molecule has 0 saturated heterocycles. The zero-order chi connectivity index (χ0) is 17.5. The van der Waals surface area contributed by atoms with Gasteiger partial charge >= 0.3 is 0 Å². The molecule has 130 valence electrons. The third-order valence-electron chi connectivity index (χ3n) is 3.89. The number of carbonyl (C=O) groups is 1. The Hall–Kier alpha value is -1.75. The zero-order valence-corrected chi connectivity index (χ0v) is 14.3. The van der Waals surface area contributed by atoms with E-state index >= 15 is 4.39 Å². The quantitative estimate of drug-likeness (QED) is 0.548. The van der Waals surface area contributed by atoms with Gasteiger partial charge in [-0.25, -0.2) is 4.39 Å². The maximum Gasteiger partial charge on any atom is 0.197 e. The number of hydrogen-bond donors (Lipinski definition) is 2. The van der Waals surface area contributed by atoms with E-state index in [0.29, 0.717) is 30.5 Å². The van der Waals surface area contributed by atoms with Gasteiger partial charge in [0.05, 0.1) is 10.6 Å². The van der Waals surface area contributed by atoms with Gasteiger partial charge in [0, 0.05) is 25.2 Å². The maximum atomic E-state index is 15.0. The van der Waals surface area contributed by atoms with Crippen molar-refractivity contribution in [3.05, 3.63) is 70.0 Å². The van der Waals surface area contributed by atoms with E-state index in [-0.39, 0.29) is 24.7 Å². The highest BCUT2D eigenvalue weighted by atomic mass is 35.5. The summed E-state index contributed by atoms with van der Waals surface area (Å²) in [5, 5.41) is 12.2. The molecule has 0 radical (unpaired) electrons. The van der Waals surface area contributed by atoms with Crippen LogP contribution in [0.3, 0.4) is 0 Å². The minimum absolute atomic E-state index is 0. The summed E-state index contributed by atoms with van der Waals surface area (Å²) in [6, 6.07) is 11.5. The van der Waals surface area contributed by atoms with Gasteiger partial charge in [0.1, 0.15) is 5.82 Å². The van der Waals surface area contributed by atoms with E-state index in [9.17, 15) is 4.79 Å². The second-order valence-electron chi connectivity index (χ2n) is 5.51. The molecule has 2 N–H and O–H groups in total. The van der Waals surface area contributed by atoms with Crippen molar-refractivity contribution in [2.24, 2.45) is 0 Å². The molecule has 0 aliphatic heterocycles. The zero-order valence-electron chi connectivity index (χ0n) is 13.6. The topological polar surface area (TPSA) is 49.3 Å². The predicted octanol–water partition coefficient (Wildman–Crippen LogP) is 4.38. The Labute approximate surface area is 148 Å². The lowest BCUT2D eigenvalue weighted by molar-refractivity contribution is 0.103. The number of aliphatic hydroxyl groups is 1. The minimum atomic E-state index is -0.584. The number of halogens is 2. The lowest BCUT2D eigenvalue weighted by atomic mass is 9.96. The van der Waals surface area contributed by atoms with Crippen molar-refractivity contribution in [2.45, 2.75) is 25.8 Å². The van der Waals surface area contributed by atoms with Gasteiger partial charge in [-0.05, 0) is 25.5 Å². The Balaban J connectivity index is 0.00000312. The fourth-order valence-corrected chi connectivity index (χ4v) is 2.84. The van der Waals surface area contributed by atoms with Crippen molar-refractivity contribution in [1.82, 2.24) is 5.32 Å². The number of carbonyl (C=O) groups excluding carboxylic acids is 1. The van der Waals surface area contributed by atoms with Gasteiger partial charge in [0.15, 0.2) is 5.78 Å². The summed E-state index contributed by atoms with van der Waals surface area (Å²) in [6.07, 6.45) is 1.24. The lowest BCUT2D eigenvalue weighted by Gasteiger charge is -2.19. The van der Waals surface area contributed by atoms with Gasteiger partial charge in [0.25, 0.3) is 0 Å². The third kappa shape index (κ3) is 4.20. The summed E-state index contributed by atoms with van der Waals surface area (Å²) in [7, 11) is 0. The predicted molar refractivity (Wildman–Crippen MR) is 96.1 cm³/mol. The molecule has 0 bridgehead atoms. The molecule has 3 nitrogen and oxygen atoms in total. The monoisotopic (exact) mass is 351 g/mol. The van der Waals surface area contributed by atoms with E-state index < -0.39 is 11.6 Å². The first-order chi connectivity index (χ1) is 11.6. The maximum absolute atomic E-state index is 15.0. The van der Waals surface area contributed by atoms with E-state index in [4.69, 9.17) is 16.7 Å². The molecule has 0 unspecified atom stereocenters. The highest BCUT2D eigenvalue weighted by Gasteiger charge is 2.23. The highest BCUT2D eigenvalue weighted by molar-refractivity contribution is 6.35. The van der Waals surface area contributed by atoms with Crippen molar-refractivity contribution < 1.29 is 15.7 Å². The first kappa shape index (κ1) is 18.6. The molecular formula is C19H23ClFNO2. The SMILES string of the molecule is CC[C@H](NCCCO)c1ccc(Cl)c(C(=O)c2ccccc2)c1F.[HH]. The summed E-state index contributed by atoms with van der Waals surface area (Å²) in [5.41, 5.74) is 0.721. The van der Waals surface area contributed by atoms with E-state index in [1.54, 1.807) is 42.5 Å². The summed E-state index contributed by atoms with van der Waals surface area (Å²) in [5.74, 6) is -1.01. The Bertz CT molecular complexity index is 697. The van der Waals surface area contributed by atoms with Crippen LogP contribution in [0.5, 0.6) is 0 Å². The minimum Gasteiger partial charge on any atom is -0.396 e. The molecule has 2 rings (SSSR count). The fourth-order valence-electron chi connectivity index (χ4n) is 2.61. The molecule has 5 heteroatoms. The largest absolute Gasteiger partial charge is 0.396 e. The van der Waals surface area contributed by atoms with Gasteiger partial charge < -0.3 is 10.4 Å². The van der Waals surface area contributed by atoms with E-state index in [1.807, 2.05) is 6.92 Å². The van der Waals surface area contributed by atoms with Gasteiger partial charge in [-0.2, -0.15) is 0 Å². The summed E-state index contributed by atoms with van der Waals surface area (Å²) in [4.78, 5) is 12.6. The van der Waals surface area contributed by atoms with Gasteiger partial charge in [-0.1, -0.05) is 54.9 Å². The first-order valence-electron chi connectivity index (χ1n) is 8.02. The second-order valence-corrected chi connectivity index (χ2v) is 5.92. The molecule has 0 aromatic heterocycles. The van der Waals surface area contributed by atoms with Crippen LogP contribution in [-0.4, -0.2) is 24.0 Å². The van der Waals surface area contributed by atoms with Crippen LogP contribution in [0.25, 0.3) is 0 Å². The first-order valence-corrected chi connectivity index (χ1v) is 8.39. The molecule has 2 aromatic carbocycles. The van der Waals surface area contributed by atoms with Crippen LogP contribution in [-0.2, 0) is 0 Å². The van der Waals surface area contributed by atoms with Crippen LogP contribution >= 0.6 is 11.6 Å². The van der Waals surface area contributed by atoms with Crippen LogP contribution in [0, 0.1) is 5.82 Å². The molecule has 0 spiro atoms. The standard InChI is InChI=1S/C19H21ClFNO2.H2/c1-2-16(22-11-6-12-23)14-9-10-15(20)17(18(14)21)19(24)13-7-4-3-5-8-13;/h3-5,7-10,16,22-23H,2,6,11-12H2,1H3;1H/t16-;/m0./s1. The number of hydrogen-bond acceptors (Lipinski definition) is 3. The number of aliphatic hydroxyl groups excluding tert-OH is 1. The van der Waals surface area contributed by atoms with Crippen molar-refractivity contribution in [1.29, 1.82) is 0 Å². The van der Waals surface area contributed by atoms with Crippen LogP contribution in [0.2, 0.25) is 5.02 Å². The second kappa shape index (κ2) is 8.92. The van der Waals surface area contributed by atoms with Crippen LogP contribution < -0.4 is 5.32 Å². The molecule has 0 saturated carbocycles. The Kier molecular flexibility index (Phi) is 6.91. The Morgan fingerprint density at radius 3 is 2.62 bits per heavy atom. The van der Waals surface area contributed by atoms with Gasteiger partial charge in [-0.3, -0.25) is 4.79 Å². The fraction of sp³-hybridized carbons (Fsp3) is 0.316. The van der Waals surface area contributed by atoms with Crippen molar-refractivity contribution >= 4 is 17.4 Å². The third-order valence-corrected chi connectivity index (χ3v) is 4.21. The average Bonchev–Trinajstić information content (AvgIpc) is 2.60. The van der Waals surface area contributed by atoms with Crippen LogP contribution in [0.4, 0.5) is 4.39 Å². The molecule has 0 fully saturated rings. The summed E-state index contributed by atoms with van der Waals surface area (Å²) in [6.45, 7) is 2.58. The van der Waals surface area contributed by atoms with Gasteiger partial charge in [-0.15, -0.1) is 0 Å². The molecule has 2 aromatic rings. The Morgan fingerprint density at radius 1 is 1.29 bits per heavy atom. The van der Waals surface area contributed by atoms with Gasteiger partial charge in [0.2, 0.25) is 0 Å². The molecule has 0 heterocycles. The number of rotatable bonds is 8. The van der Waals surface area contributed by atoms with Crippen LogP contribution in [0.15, 0.2) is 42.5 Å². The van der Waals surface area contributed by atoms with Crippen molar-refractivity contribution in [3.8, 4) is 0 Å². The van der Waals surface area contributed by atoms with E-state index in [2.05, 4.69) is 5.32 Å². The van der Waals surface area contributed by atoms with E-state index in [0.717, 1.165) is 0 Å². The molecular weight excluding hydrogens is 329 g/mol. The molecule has 0 aliphatic carbocycles. The number of nitrogens with one attached hydrogen (secondary N) is 1. The molecule has 1 atom stereocenters. The molecule has 24 heavy (non-hydrogen) atoms. The van der Waals surface area contributed by atoms with Crippen LogP contribution in [0.1, 0.15) is 48.7 Å². The normalized spacial score (nSPS) is 12.2. The van der Waals surface area contributed by atoms with E-state index in [1.165, 1.54) is 0 Å². The summed E-state index contributed by atoms with van der Waals surface area (Å²) < 4.78 is 15.0.